The van der Waals surface area contributed by atoms with Crippen LogP contribution in [-0.2, 0) is 14.8 Å². The summed E-state index contributed by atoms with van der Waals surface area (Å²) >= 11 is 0. The molecule has 0 spiro atoms. The molecule has 0 amide bonds. The molecule has 1 unspecified atom stereocenters. The lowest BCUT2D eigenvalue weighted by Gasteiger charge is -2.34. The number of methoxy groups -OCH3 is 1. The van der Waals surface area contributed by atoms with Gasteiger partial charge in [-0.15, -0.1) is 0 Å². The van der Waals surface area contributed by atoms with Crippen LogP contribution in [0.1, 0.15) is 17.2 Å². The third-order valence-corrected chi connectivity index (χ3v) is 6.31. The second-order valence-corrected chi connectivity index (χ2v) is 8.47. The van der Waals surface area contributed by atoms with Gasteiger partial charge in [-0.3, -0.25) is 4.90 Å². The zero-order valence-corrected chi connectivity index (χ0v) is 16.8. The van der Waals surface area contributed by atoms with Gasteiger partial charge >= 0.3 is 0 Å². The highest BCUT2D eigenvalue weighted by Gasteiger charge is 2.25. The summed E-state index contributed by atoms with van der Waals surface area (Å²) in [4.78, 5) is 2.34. The van der Waals surface area contributed by atoms with Crippen molar-refractivity contribution in [2.24, 2.45) is 0 Å². The number of nitrogens with one attached hydrogen (secondary N) is 1. The van der Waals surface area contributed by atoms with Gasteiger partial charge in [-0.05, 0) is 48.4 Å². The highest BCUT2D eigenvalue weighted by atomic mass is 32.2. The molecule has 6 nitrogen and oxygen atoms in total. The second kappa shape index (κ2) is 9.00. The summed E-state index contributed by atoms with van der Waals surface area (Å²) in [5.74, 6) is 0.315. The molecule has 1 fully saturated rings. The Labute approximate surface area is 165 Å². The zero-order chi connectivity index (χ0) is 20.1. The Bertz CT molecular complexity index is 897. The SMILES string of the molecule is COc1ccc(S(=O)(=O)NCC(c2ccc(F)cc2)N2CCOCC2)cc1C. The first kappa shape index (κ1) is 20.7. The van der Waals surface area contributed by atoms with E-state index in [0.29, 0.717) is 32.1 Å². The van der Waals surface area contributed by atoms with Gasteiger partial charge in [-0.2, -0.15) is 0 Å². The molecule has 1 atom stereocenters. The monoisotopic (exact) mass is 408 g/mol. The van der Waals surface area contributed by atoms with E-state index in [1.54, 1.807) is 38.3 Å². The van der Waals surface area contributed by atoms with Gasteiger partial charge in [0.25, 0.3) is 0 Å². The van der Waals surface area contributed by atoms with Crippen molar-refractivity contribution >= 4 is 10.0 Å². The van der Waals surface area contributed by atoms with Crippen LogP contribution in [-0.4, -0.2) is 53.3 Å². The summed E-state index contributed by atoms with van der Waals surface area (Å²) in [5, 5.41) is 0. The van der Waals surface area contributed by atoms with Crippen LogP contribution in [0, 0.1) is 12.7 Å². The number of hydrogen-bond acceptors (Lipinski definition) is 5. The lowest BCUT2D eigenvalue weighted by atomic mass is 10.0. The fourth-order valence-corrected chi connectivity index (χ4v) is 4.44. The first-order chi connectivity index (χ1) is 13.4. The van der Waals surface area contributed by atoms with Crippen LogP contribution in [0.15, 0.2) is 47.4 Å². The van der Waals surface area contributed by atoms with Gasteiger partial charge in [0, 0.05) is 25.7 Å². The van der Waals surface area contributed by atoms with Gasteiger partial charge < -0.3 is 9.47 Å². The summed E-state index contributed by atoms with van der Waals surface area (Å²) < 4.78 is 52.2. The molecule has 8 heteroatoms. The molecule has 2 aromatic carbocycles. The van der Waals surface area contributed by atoms with Crippen LogP contribution in [0.5, 0.6) is 5.75 Å². The number of halogens is 1. The van der Waals surface area contributed by atoms with Crippen molar-refractivity contribution < 1.29 is 22.3 Å². The van der Waals surface area contributed by atoms with Gasteiger partial charge in [0.15, 0.2) is 0 Å². The van der Waals surface area contributed by atoms with E-state index in [9.17, 15) is 12.8 Å². The average Bonchev–Trinajstić information content (AvgIpc) is 2.70. The van der Waals surface area contributed by atoms with E-state index >= 15 is 0 Å². The van der Waals surface area contributed by atoms with E-state index in [0.717, 1.165) is 11.1 Å². The summed E-state index contributed by atoms with van der Waals surface area (Å²) in [6.07, 6.45) is 0. The molecule has 1 saturated heterocycles. The molecule has 1 aliphatic rings. The number of morpholine rings is 1. The Morgan fingerprint density at radius 2 is 1.86 bits per heavy atom. The van der Waals surface area contributed by atoms with Crippen molar-refractivity contribution in [3.63, 3.8) is 0 Å². The number of benzene rings is 2. The summed E-state index contributed by atoms with van der Waals surface area (Å²) in [6.45, 7) is 4.52. The molecule has 0 aromatic heterocycles. The molecule has 152 valence electrons. The first-order valence-corrected chi connectivity index (χ1v) is 10.6. The van der Waals surface area contributed by atoms with E-state index in [1.165, 1.54) is 18.2 Å². The first-order valence-electron chi connectivity index (χ1n) is 9.12. The Morgan fingerprint density at radius 3 is 2.46 bits per heavy atom. The molecular formula is C20H25FN2O4S. The number of rotatable bonds is 7. The topological polar surface area (TPSA) is 67.9 Å². The number of sulfonamides is 1. The van der Waals surface area contributed by atoms with Crippen LogP contribution in [0.25, 0.3) is 0 Å². The minimum atomic E-state index is -3.70. The van der Waals surface area contributed by atoms with Crippen LogP contribution in [0.3, 0.4) is 0 Å². The Balaban J connectivity index is 1.80. The highest BCUT2D eigenvalue weighted by molar-refractivity contribution is 7.89. The van der Waals surface area contributed by atoms with Gasteiger partial charge in [-0.1, -0.05) is 12.1 Å². The maximum absolute atomic E-state index is 13.3. The van der Waals surface area contributed by atoms with E-state index < -0.39 is 10.0 Å². The Morgan fingerprint density at radius 1 is 1.18 bits per heavy atom. The Hall–Kier alpha value is -2.00. The lowest BCUT2D eigenvalue weighted by molar-refractivity contribution is 0.0172. The van der Waals surface area contributed by atoms with Gasteiger partial charge in [0.1, 0.15) is 11.6 Å². The third-order valence-electron chi connectivity index (χ3n) is 4.88. The minimum Gasteiger partial charge on any atom is -0.496 e. The van der Waals surface area contributed by atoms with Crippen molar-refractivity contribution in [3.05, 3.63) is 59.4 Å². The maximum Gasteiger partial charge on any atom is 0.240 e. The predicted molar refractivity (Wildman–Crippen MR) is 104 cm³/mol. The van der Waals surface area contributed by atoms with Crippen LogP contribution >= 0.6 is 0 Å². The van der Waals surface area contributed by atoms with E-state index in [1.807, 2.05) is 0 Å². The standard InChI is InChI=1S/C20H25FN2O4S/c1-15-13-18(7-8-20(15)26-2)28(24,25)22-14-19(23-9-11-27-12-10-23)16-3-5-17(21)6-4-16/h3-8,13,19,22H,9-12,14H2,1-2H3. The number of ether oxygens (including phenoxy) is 2. The molecule has 0 radical (unpaired) electrons. The molecule has 0 bridgehead atoms. The summed E-state index contributed by atoms with van der Waals surface area (Å²) in [7, 11) is -2.15. The molecule has 28 heavy (non-hydrogen) atoms. The van der Waals surface area contributed by atoms with Crippen LogP contribution in [0.2, 0.25) is 0 Å². The normalized spacial score (nSPS) is 16.7. The molecule has 1 aliphatic heterocycles. The number of hydrogen-bond donors (Lipinski definition) is 1. The maximum atomic E-state index is 13.3. The minimum absolute atomic E-state index is 0.180. The van der Waals surface area contributed by atoms with Crippen molar-refractivity contribution in [3.8, 4) is 5.75 Å². The molecular weight excluding hydrogens is 383 g/mol. The van der Waals surface area contributed by atoms with E-state index in [2.05, 4.69) is 9.62 Å². The molecule has 2 aromatic rings. The fourth-order valence-electron chi connectivity index (χ4n) is 3.32. The van der Waals surface area contributed by atoms with Gasteiger partial charge in [0.2, 0.25) is 10.0 Å². The number of aryl methyl sites for hydroxylation is 1. The van der Waals surface area contributed by atoms with E-state index in [-0.39, 0.29) is 23.3 Å². The smallest absolute Gasteiger partial charge is 0.240 e. The molecule has 1 heterocycles. The fraction of sp³-hybridized carbons (Fsp3) is 0.400. The third kappa shape index (κ3) is 4.88. The summed E-state index contributed by atoms with van der Waals surface area (Å²) in [6, 6.07) is 10.7. The molecule has 0 saturated carbocycles. The zero-order valence-electron chi connectivity index (χ0n) is 16.0. The quantitative estimate of drug-likeness (QED) is 0.763. The van der Waals surface area contributed by atoms with Crippen LogP contribution in [0.4, 0.5) is 4.39 Å². The largest absolute Gasteiger partial charge is 0.496 e. The molecule has 1 N–H and O–H groups in total. The van der Waals surface area contributed by atoms with Crippen LogP contribution < -0.4 is 9.46 Å². The van der Waals surface area contributed by atoms with Gasteiger partial charge in [-0.25, -0.2) is 17.5 Å². The van der Waals surface area contributed by atoms with E-state index in [4.69, 9.17) is 9.47 Å². The van der Waals surface area contributed by atoms with Crippen molar-refractivity contribution in [1.82, 2.24) is 9.62 Å². The number of nitrogens with zero attached hydrogens (tertiary/aromatic N) is 1. The average molecular weight is 408 g/mol. The van der Waals surface area contributed by atoms with Crippen molar-refractivity contribution in [2.45, 2.75) is 17.9 Å². The highest BCUT2D eigenvalue weighted by Crippen LogP contribution is 2.24. The van der Waals surface area contributed by atoms with Gasteiger partial charge in [0.05, 0.1) is 25.2 Å². The molecule has 0 aliphatic carbocycles. The van der Waals surface area contributed by atoms with Crippen molar-refractivity contribution in [2.75, 3.05) is 40.0 Å². The lowest BCUT2D eigenvalue weighted by Crippen LogP contribution is -2.43. The predicted octanol–water partition coefficient (Wildman–Crippen LogP) is 2.49. The van der Waals surface area contributed by atoms with Crippen molar-refractivity contribution in [1.29, 1.82) is 0 Å². The summed E-state index contributed by atoms with van der Waals surface area (Å²) in [5.41, 5.74) is 1.60. The second-order valence-electron chi connectivity index (χ2n) is 6.70. The Kier molecular flexibility index (Phi) is 6.66. The molecule has 3 rings (SSSR count).